The first-order valence-corrected chi connectivity index (χ1v) is 11.8. The van der Waals surface area contributed by atoms with Gasteiger partial charge in [0.2, 0.25) is 5.91 Å². The van der Waals surface area contributed by atoms with Gasteiger partial charge in [0, 0.05) is 23.9 Å². The zero-order valence-electron chi connectivity index (χ0n) is 17.2. The lowest BCUT2D eigenvalue weighted by Gasteiger charge is -2.34. The highest BCUT2D eigenvalue weighted by Crippen LogP contribution is 2.34. The number of alkyl halides is 3. The molecule has 0 unspecified atom stereocenters. The van der Waals surface area contributed by atoms with Gasteiger partial charge in [0.05, 0.1) is 35.0 Å². The number of hydrogen-bond acceptors (Lipinski definition) is 8. The number of amides is 1. The van der Waals surface area contributed by atoms with Gasteiger partial charge in [-0.15, -0.1) is 22.7 Å². The van der Waals surface area contributed by atoms with E-state index in [0.717, 1.165) is 17.7 Å². The van der Waals surface area contributed by atoms with Crippen LogP contribution in [0.3, 0.4) is 0 Å². The van der Waals surface area contributed by atoms with Gasteiger partial charge >= 0.3 is 6.18 Å². The fourth-order valence-corrected chi connectivity index (χ4v) is 5.16. The summed E-state index contributed by atoms with van der Waals surface area (Å²) in [6.07, 6.45) is -3.08. The van der Waals surface area contributed by atoms with Crippen LogP contribution in [0.4, 0.5) is 18.3 Å². The number of thiazole rings is 2. The maximum Gasteiger partial charge on any atom is 0.416 e. The number of aromatic nitrogens is 2. The van der Waals surface area contributed by atoms with Crippen molar-refractivity contribution in [3.63, 3.8) is 0 Å². The van der Waals surface area contributed by atoms with Crippen molar-refractivity contribution >= 4 is 33.7 Å². The molecule has 12 heteroatoms. The second kappa shape index (κ2) is 9.85. The predicted octanol–water partition coefficient (Wildman–Crippen LogP) is 3.78. The molecule has 1 aliphatic carbocycles. The third-order valence-electron chi connectivity index (χ3n) is 5.38. The molecule has 1 aliphatic rings. The number of hydrogen-bond donors (Lipinski definition) is 4. The van der Waals surface area contributed by atoms with Crippen LogP contribution in [-0.2, 0) is 30.7 Å². The zero-order chi connectivity index (χ0) is 23.6. The number of carbonyl (C=O) groups excluding carboxylic acids is 1. The van der Waals surface area contributed by atoms with Crippen molar-refractivity contribution in [1.29, 1.82) is 0 Å². The number of halogens is 3. The maximum atomic E-state index is 12.6. The molecule has 33 heavy (non-hydrogen) atoms. The van der Waals surface area contributed by atoms with E-state index >= 15 is 0 Å². The molecule has 2 heterocycles. The average Bonchev–Trinajstić information content (AvgIpc) is 3.38. The van der Waals surface area contributed by atoms with E-state index in [4.69, 9.17) is 0 Å². The predicted molar refractivity (Wildman–Crippen MR) is 118 cm³/mol. The molecule has 7 nitrogen and oxygen atoms in total. The molecule has 0 aliphatic heterocycles. The molecular weight excluding hydrogens is 477 g/mol. The van der Waals surface area contributed by atoms with Crippen molar-refractivity contribution in [2.45, 2.75) is 44.8 Å². The Morgan fingerprint density at radius 2 is 1.85 bits per heavy atom. The van der Waals surface area contributed by atoms with Gasteiger partial charge in [0.15, 0.2) is 5.13 Å². The molecule has 0 spiro atoms. The van der Waals surface area contributed by atoms with Crippen LogP contribution in [-0.4, -0.2) is 32.1 Å². The first-order chi connectivity index (χ1) is 15.8. The Morgan fingerprint density at radius 1 is 1.12 bits per heavy atom. The van der Waals surface area contributed by atoms with Gasteiger partial charge in [0.25, 0.3) is 0 Å². The van der Waals surface area contributed by atoms with Crippen LogP contribution in [0.25, 0.3) is 10.6 Å². The molecule has 4 N–H and O–H groups in total. The first kappa shape index (κ1) is 23.8. The summed E-state index contributed by atoms with van der Waals surface area (Å²) >= 11 is 2.51. The van der Waals surface area contributed by atoms with E-state index in [9.17, 15) is 28.2 Å². The highest BCUT2D eigenvalue weighted by atomic mass is 32.1. The van der Waals surface area contributed by atoms with Crippen molar-refractivity contribution in [3.8, 4) is 10.6 Å². The van der Waals surface area contributed by atoms with Crippen molar-refractivity contribution < 1.29 is 28.2 Å². The average molecular weight is 499 g/mol. The van der Waals surface area contributed by atoms with E-state index in [1.807, 2.05) is 0 Å². The minimum absolute atomic E-state index is 0.121. The van der Waals surface area contributed by atoms with Crippen LogP contribution < -0.4 is 10.6 Å². The van der Waals surface area contributed by atoms with Crippen LogP contribution in [0.15, 0.2) is 29.6 Å². The van der Waals surface area contributed by atoms with Crippen LogP contribution in [0.5, 0.6) is 0 Å². The number of nitrogens with one attached hydrogen (secondary N) is 2. The monoisotopic (exact) mass is 498 g/mol. The quantitative estimate of drug-likeness (QED) is 0.377. The number of aliphatic hydroxyl groups is 2. The van der Waals surface area contributed by atoms with Crippen LogP contribution in [0.1, 0.15) is 34.7 Å². The van der Waals surface area contributed by atoms with E-state index in [0.29, 0.717) is 45.8 Å². The van der Waals surface area contributed by atoms with E-state index in [2.05, 4.69) is 20.6 Å². The molecule has 1 amide bonds. The molecule has 4 rings (SSSR count). The topological polar surface area (TPSA) is 107 Å². The molecule has 3 aromatic rings. The van der Waals surface area contributed by atoms with Crippen molar-refractivity contribution in [1.82, 2.24) is 15.3 Å². The molecule has 1 fully saturated rings. The van der Waals surface area contributed by atoms with E-state index in [1.54, 1.807) is 5.38 Å². The molecule has 0 atom stereocenters. The zero-order valence-corrected chi connectivity index (χ0v) is 18.9. The summed E-state index contributed by atoms with van der Waals surface area (Å²) in [5.41, 5.74) is 1.10. The third-order valence-corrected chi connectivity index (χ3v) is 7.24. The van der Waals surface area contributed by atoms with Crippen LogP contribution in [0.2, 0.25) is 0 Å². The van der Waals surface area contributed by atoms with Gasteiger partial charge in [0.1, 0.15) is 5.01 Å². The first-order valence-electron chi connectivity index (χ1n) is 10.1. The second-order valence-electron chi connectivity index (χ2n) is 7.67. The molecular formula is C21H21F3N4O3S2. The van der Waals surface area contributed by atoms with E-state index < -0.39 is 11.7 Å². The Morgan fingerprint density at radius 3 is 2.48 bits per heavy atom. The normalized spacial score (nSPS) is 18.2. The number of nitrogens with zero attached hydrogens (tertiary/aromatic N) is 2. The Kier molecular flexibility index (Phi) is 7.10. The minimum Gasteiger partial charge on any atom is -0.390 e. The smallest absolute Gasteiger partial charge is 0.390 e. The molecule has 1 saturated carbocycles. The number of aliphatic hydroxyl groups excluding tert-OH is 2. The lowest BCUT2D eigenvalue weighted by atomic mass is 9.79. The highest BCUT2D eigenvalue weighted by Gasteiger charge is 2.34. The van der Waals surface area contributed by atoms with Crippen molar-refractivity contribution in [2.24, 2.45) is 5.92 Å². The van der Waals surface area contributed by atoms with Gasteiger partial charge in [-0.05, 0) is 30.5 Å². The van der Waals surface area contributed by atoms with Gasteiger partial charge in [-0.1, -0.05) is 12.1 Å². The maximum absolute atomic E-state index is 12.6. The number of rotatable bonds is 8. The summed E-state index contributed by atoms with van der Waals surface area (Å²) in [5.74, 6) is -0.300. The lowest BCUT2D eigenvalue weighted by molar-refractivity contribution is -0.137. The number of benzene rings is 1. The van der Waals surface area contributed by atoms with Crippen LogP contribution >= 0.6 is 22.7 Å². The number of anilines is 1. The Labute approximate surface area is 195 Å². The third kappa shape index (κ3) is 5.58. The van der Waals surface area contributed by atoms with E-state index in [-0.39, 0.29) is 31.1 Å². The summed E-state index contributed by atoms with van der Waals surface area (Å²) in [7, 11) is 0. The van der Waals surface area contributed by atoms with Gasteiger partial charge in [-0.3, -0.25) is 4.79 Å². The highest BCUT2D eigenvalue weighted by molar-refractivity contribution is 7.17. The lowest BCUT2D eigenvalue weighted by Crippen LogP contribution is -2.45. The van der Waals surface area contributed by atoms with Crippen molar-refractivity contribution in [2.75, 3.05) is 5.32 Å². The fraction of sp³-hybridized carbons (Fsp3) is 0.381. The van der Waals surface area contributed by atoms with Crippen molar-refractivity contribution in [3.05, 3.63) is 51.5 Å². The summed E-state index contributed by atoms with van der Waals surface area (Å²) in [6, 6.07) is 5.16. The van der Waals surface area contributed by atoms with Crippen LogP contribution in [0, 0.1) is 5.92 Å². The Bertz CT molecular complexity index is 1110. The summed E-state index contributed by atoms with van der Waals surface area (Å²) in [5, 5.41) is 27.5. The second-order valence-corrected chi connectivity index (χ2v) is 9.61. The largest absolute Gasteiger partial charge is 0.416 e. The number of carbonyl (C=O) groups is 1. The molecule has 176 valence electrons. The standard InChI is InChI=1S/C21H21F3N4O3S2/c22-21(23,24)13-3-1-11(2-4-13)7-25-14-5-12(6-14)19(31)28-20-27-16(10-32-20)18-15(8-29)26-17(9-30)33-18/h1-4,10,12,14,25,29-30H,5-9H2,(H,27,28,31). The summed E-state index contributed by atoms with van der Waals surface area (Å²) < 4.78 is 37.9. The molecule has 2 aromatic heterocycles. The molecule has 0 saturated heterocycles. The van der Waals surface area contributed by atoms with E-state index in [1.165, 1.54) is 34.8 Å². The van der Waals surface area contributed by atoms with Gasteiger partial charge in [-0.25, -0.2) is 9.97 Å². The Hall–Kier alpha value is -2.38. The molecule has 0 bridgehead atoms. The summed E-state index contributed by atoms with van der Waals surface area (Å²) in [4.78, 5) is 21.7. The molecule has 1 aromatic carbocycles. The Balaban J connectivity index is 1.25. The summed E-state index contributed by atoms with van der Waals surface area (Å²) in [6.45, 7) is -0.0556. The minimum atomic E-state index is -4.34. The van der Waals surface area contributed by atoms with Gasteiger partial charge in [-0.2, -0.15) is 13.2 Å². The fourth-order valence-electron chi connectivity index (χ4n) is 3.49. The molecule has 0 radical (unpaired) electrons. The van der Waals surface area contributed by atoms with Gasteiger partial charge < -0.3 is 20.8 Å². The SMILES string of the molecule is O=C(Nc1nc(-c2sc(CO)nc2CO)cs1)C1CC(NCc2ccc(C(F)(F)F)cc2)C1.